The van der Waals surface area contributed by atoms with Gasteiger partial charge in [0.25, 0.3) is 0 Å². The SMILES string of the molecule is CN1C=CC2=CC=C(c3cc(Cl)cc4nccnc34)CC21. The number of allylic oxidation sites excluding steroid dienone is 2. The molecule has 2 aliphatic rings. The molecule has 1 aliphatic carbocycles. The van der Waals surface area contributed by atoms with Crippen LogP contribution < -0.4 is 0 Å². The minimum Gasteiger partial charge on any atom is -0.373 e. The summed E-state index contributed by atoms with van der Waals surface area (Å²) in [5, 5.41) is 0.701. The molecule has 1 aromatic carbocycles. The monoisotopic (exact) mass is 295 g/mol. The number of fused-ring (bicyclic) bond motifs is 2. The predicted octanol–water partition coefficient (Wildman–Crippen LogP) is 3.82. The van der Waals surface area contributed by atoms with Gasteiger partial charge in [-0.1, -0.05) is 23.8 Å². The molecule has 0 fully saturated rings. The van der Waals surface area contributed by atoms with E-state index in [1.54, 1.807) is 12.4 Å². The third-order valence-electron chi connectivity index (χ3n) is 4.15. The number of hydrogen-bond acceptors (Lipinski definition) is 3. The molecular formula is C17H14ClN3. The first-order valence-corrected chi connectivity index (χ1v) is 7.32. The Balaban J connectivity index is 1.86. The first-order chi connectivity index (χ1) is 10.2. The van der Waals surface area contributed by atoms with E-state index in [-0.39, 0.29) is 0 Å². The van der Waals surface area contributed by atoms with Gasteiger partial charge in [0, 0.05) is 30.0 Å². The lowest BCUT2D eigenvalue weighted by Crippen LogP contribution is -2.25. The van der Waals surface area contributed by atoms with E-state index < -0.39 is 0 Å². The van der Waals surface area contributed by atoms with Gasteiger partial charge in [-0.3, -0.25) is 9.97 Å². The van der Waals surface area contributed by atoms with E-state index in [4.69, 9.17) is 11.6 Å². The van der Waals surface area contributed by atoms with Crippen molar-refractivity contribution in [2.45, 2.75) is 12.5 Å². The molecule has 3 nitrogen and oxygen atoms in total. The fourth-order valence-electron chi connectivity index (χ4n) is 3.04. The summed E-state index contributed by atoms with van der Waals surface area (Å²) in [6.45, 7) is 0. The second kappa shape index (κ2) is 4.71. The summed E-state index contributed by atoms with van der Waals surface area (Å²) in [6.07, 6.45) is 13.1. The second-order valence-electron chi connectivity index (χ2n) is 5.44. The van der Waals surface area contributed by atoms with Crippen LogP contribution in [0.15, 0.2) is 54.5 Å². The van der Waals surface area contributed by atoms with Gasteiger partial charge in [0.1, 0.15) is 0 Å². The number of benzene rings is 1. The van der Waals surface area contributed by atoms with Crippen LogP contribution in [0.4, 0.5) is 0 Å². The van der Waals surface area contributed by atoms with E-state index in [0.29, 0.717) is 11.1 Å². The van der Waals surface area contributed by atoms with Crippen molar-refractivity contribution in [3.63, 3.8) is 0 Å². The van der Waals surface area contributed by atoms with Crippen LogP contribution in [0, 0.1) is 0 Å². The number of aromatic nitrogens is 2. The maximum Gasteiger partial charge on any atom is 0.0962 e. The molecule has 4 heteroatoms. The van der Waals surface area contributed by atoms with E-state index in [0.717, 1.165) is 23.0 Å². The van der Waals surface area contributed by atoms with Crippen molar-refractivity contribution in [2.75, 3.05) is 7.05 Å². The van der Waals surface area contributed by atoms with Gasteiger partial charge in [-0.25, -0.2) is 0 Å². The van der Waals surface area contributed by atoms with Crippen molar-refractivity contribution < 1.29 is 0 Å². The van der Waals surface area contributed by atoms with Crippen LogP contribution >= 0.6 is 11.6 Å². The Kier molecular flexibility index (Phi) is 2.82. The molecule has 0 saturated heterocycles. The Morgan fingerprint density at radius 2 is 2.05 bits per heavy atom. The fraction of sp³-hybridized carbons (Fsp3) is 0.176. The smallest absolute Gasteiger partial charge is 0.0962 e. The highest BCUT2D eigenvalue weighted by Crippen LogP contribution is 2.36. The molecule has 2 heterocycles. The van der Waals surface area contributed by atoms with Gasteiger partial charge >= 0.3 is 0 Å². The molecule has 0 amide bonds. The lowest BCUT2D eigenvalue weighted by Gasteiger charge is -2.26. The third kappa shape index (κ3) is 2.05. The van der Waals surface area contributed by atoms with Crippen LogP contribution in [-0.2, 0) is 0 Å². The summed E-state index contributed by atoms with van der Waals surface area (Å²) < 4.78 is 0. The van der Waals surface area contributed by atoms with Crippen molar-refractivity contribution in [1.29, 1.82) is 0 Å². The summed E-state index contributed by atoms with van der Waals surface area (Å²) in [5.74, 6) is 0. The Bertz CT molecular complexity index is 820. The average molecular weight is 296 g/mol. The van der Waals surface area contributed by atoms with E-state index in [2.05, 4.69) is 46.3 Å². The molecule has 0 N–H and O–H groups in total. The summed E-state index contributed by atoms with van der Waals surface area (Å²) in [6, 6.07) is 4.27. The molecule has 0 radical (unpaired) electrons. The molecule has 4 rings (SSSR count). The standard InChI is InChI=1S/C17H14ClN3/c1-21-7-4-11-2-3-12(8-16(11)21)14-9-13(18)10-15-17(14)20-6-5-19-15/h2-7,9-10,16H,8H2,1H3. The molecule has 0 bridgehead atoms. The number of nitrogens with zero attached hydrogens (tertiary/aromatic N) is 3. The number of hydrogen-bond donors (Lipinski definition) is 0. The van der Waals surface area contributed by atoms with E-state index in [1.807, 2.05) is 12.1 Å². The molecule has 21 heavy (non-hydrogen) atoms. The van der Waals surface area contributed by atoms with Crippen molar-refractivity contribution in [1.82, 2.24) is 14.9 Å². The summed E-state index contributed by atoms with van der Waals surface area (Å²) in [7, 11) is 2.11. The van der Waals surface area contributed by atoms with Crippen molar-refractivity contribution >= 4 is 28.2 Å². The molecular weight excluding hydrogens is 282 g/mol. The predicted molar refractivity (Wildman–Crippen MR) is 85.9 cm³/mol. The van der Waals surface area contributed by atoms with E-state index in [1.165, 1.54) is 11.1 Å². The van der Waals surface area contributed by atoms with Gasteiger partial charge in [-0.2, -0.15) is 0 Å². The van der Waals surface area contributed by atoms with Crippen LogP contribution in [0.1, 0.15) is 12.0 Å². The lowest BCUT2D eigenvalue weighted by molar-refractivity contribution is 0.398. The van der Waals surface area contributed by atoms with Crippen molar-refractivity contribution in [3.05, 3.63) is 65.1 Å². The maximum absolute atomic E-state index is 6.25. The minimum absolute atomic E-state index is 0.413. The van der Waals surface area contributed by atoms with E-state index >= 15 is 0 Å². The lowest BCUT2D eigenvalue weighted by atomic mass is 9.89. The van der Waals surface area contributed by atoms with Crippen LogP contribution in [0.5, 0.6) is 0 Å². The average Bonchev–Trinajstić information content (AvgIpc) is 2.87. The molecule has 104 valence electrons. The zero-order chi connectivity index (χ0) is 14.4. The zero-order valence-corrected chi connectivity index (χ0v) is 12.4. The minimum atomic E-state index is 0.413. The highest BCUT2D eigenvalue weighted by Gasteiger charge is 2.25. The Morgan fingerprint density at radius 1 is 1.19 bits per heavy atom. The number of halogens is 1. The molecule has 0 spiro atoms. The Morgan fingerprint density at radius 3 is 2.95 bits per heavy atom. The number of rotatable bonds is 1. The molecule has 1 aliphatic heterocycles. The molecule has 2 aromatic rings. The highest BCUT2D eigenvalue weighted by atomic mass is 35.5. The molecule has 1 aromatic heterocycles. The van der Waals surface area contributed by atoms with Crippen molar-refractivity contribution in [2.24, 2.45) is 0 Å². The Labute approximate surface area is 128 Å². The van der Waals surface area contributed by atoms with Crippen LogP contribution in [-0.4, -0.2) is 28.0 Å². The first kappa shape index (κ1) is 12.6. The quantitative estimate of drug-likeness (QED) is 0.801. The highest BCUT2D eigenvalue weighted by molar-refractivity contribution is 6.31. The van der Waals surface area contributed by atoms with Crippen LogP contribution in [0.25, 0.3) is 16.6 Å². The van der Waals surface area contributed by atoms with Crippen LogP contribution in [0.3, 0.4) is 0 Å². The number of likely N-dealkylation sites (N-methyl/N-ethyl adjacent to an activating group) is 1. The maximum atomic E-state index is 6.25. The topological polar surface area (TPSA) is 29.0 Å². The largest absolute Gasteiger partial charge is 0.373 e. The van der Waals surface area contributed by atoms with Gasteiger partial charge in [0.2, 0.25) is 0 Å². The zero-order valence-electron chi connectivity index (χ0n) is 11.6. The van der Waals surface area contributed by atoms with Gasteiger partial charge in [0.05, 0.1) is 17.1 Å². The van der Waals surface area contributed by atoms with Gasteiger partial charge < -0.3 is 4.90 Å². The molecule has 1 unspecified atom stereocenters. The first-order valence-electron chi connectivity index (χ1n) is 6.94. The van der Waals surface area contributed by atoms with Gasteiger partial charge in [-0.05, 0) is 42.0 Å². The van der Waals surface area contributed by atoms with Crippen LogP contribution in [0.2, 0.25) is 5.02 Å². The second-order valence-corrected chi connectivity index (χ2v) is 5.87. The molecule has 1 atom stereocenters. The van der Waals surface area contributed by atoms with E-state index in [9.17, 15) is 0 Å². The summed E-state index contributed by atoms with van der Waals surface area (Å²) in [5.41, 5.74) is 5.46. The van der Waals surface area contributed by atoms with Gasteiger partial charge in [0.15, 0.2) is 0 Å². The summed E-state index contributed by atoms with van der Waals surface area (Å²) >= 11 is 6.25. The normalized spacial score (nSPS) is 20.5. The summed E-state index contributed by atoms with van der Waals surface area (Å²) in [4.78, 5) is 11.1. The van der Waals surface area contributed by atoms with Gasteiger partial charge in [-0.15, -0.1) is 0 Å². The Hall–Kier alpha value is -2.13. The fourth-order valence-corrected chi connectivity index (χ4v) is 3.25. The molecule has 0 saturated carbocycles. The third-order valence-corrected chi connectivity index (χ3v) is 4.37. The van der Waals surface area contributed by atoms with Crippen molar-refractivity contribution in [3.8, 4) is 0 Å².